The Morgan fingerprint density at radius 2 is 1.95 bits per heavy atom. The van der Waals surface area contributed by atoms with Crippen LogP contribution < -0.4 is 5.32 Å². The Labute approximate surface area is 113 Å². The number of hydrogen-bond acceptors (Lipinski definition) is 2. The number of aryl methyl sites for hydroxylation is 1. The number of alkyl halides is 3. The van der Waals surface area contributed by atoms with E-state index in [9.17, 15) is 17.6 Å². The molecule has 0 bridgehead atoms. The van der Waals surface area contributed by atoms with Crippen molar-refractivity contribution in [1.29, 1.82) is 0 Å². The molecule has 1 aromatic heterocycles. The van der Waals surface area contributed by atoms with E-state index in [0.717, 1.165) is 17.7 Å². The summed E-state index contributed by atoms with van der Waals surface area (Å²) in [6.07, 6.45) is -2.92. The molecule has 2 rings (SSSR count). The Morgan fingerprint density at radius 1 is 1.20 bits per heavy atom. The normalized spacial score (nSPS) is 11.4. The molecule has 2 nitrogen and oxygen atoms in total. The fourth-order valence-corrected chi connectivity index (χ4v) is 1.72. The van der Waals surface area contributed by atoms with Crippen molar-refractivity contribution in [3.63, 3.8) is 0 Å². The Hall–Kier alpha value is -2.11. The summed E-state index contributed by atoms with van der Waals surface area (Å²) in [5, 5.41) is 2.65. The summed E-state index contributed by atoms with van der Waals surface area (Å²) >= 11 is 0. The van der Waals surface area contributed by atoms with E-state index in [2.05, 4.69) is 10.3 Å². The Bertz CT molecular complexity index is 608. The predicted molar refractivity (Wildman–Crippen MR) is 67.7 cm³/mol. The van der Waals surface area contributed by atoms with Crippen LogP contribution in [0.25, 0.3) is 0 Å². The van der Waals surface area contributed by atoms with Crippen LogP contribution >= 0.6 is 0 Å². The molecule has 0 aliphatic rings. The Morgan fingerprint density at radius 3 is 2.60 bits per heavy atom. The summed E-state index contributed by atoms with van der Waals surface area (Å²) in [4.78, 5) is 4.09. The largest absolute Gasteiger partial charge is 0.416 e. The second-order valence-electron chi connectivity index (χ2n) is 4.31. The molecule has 0 radical (unpaired) electrons. The van der Waals surface area contributed by atoms with Gasteiger partial charge in [0.2, 0.25) is 0 Å². The van der Waals surface area contributed by atoms with Gasteiger partial charge in [-0.25, -0.2) is 4.39 Å². The predicted octanol–water partition coefficient (Wildman–Crippen LogP) is 4.16. The number of hydrogen-bond donors (Lipinski definition) is 1. The van der Waals surface area contributed by atoms with E-state index in [1.54, 1.807) is 12.3 Å². The van der Waals surface area contributed by atoms with Crippen LogP contribution in [0.2, 0.25) is 0 Å². The zero-order valence-corrected chi connectivity index (χ0v) is 10.6. The standard InChI is InChI=1S/C14H12F4N2/c1-9-3-2-6-19-13(9)8-20-12-7-10(14(16,17)18)4-5-11(12)15/h2-7,20H,8H2,1H3. The van der Waals surface area contributed by atoms with E-state index in [4.69, 9.17) is 0 Å². The molecule has 0 aliphatic carbocycles. The third-order valence-corrected chi connectivity index (χ3v) is 2.86. The molecule has 0 atom stereocenters. The highest BCUT2D eigenvalue weighted by Gasteiger charge is 2.31. The van der Waals surface area contributed by atoms with Crippen LogP contribution in [0.5, 0.6) is 0 Å². The average Bonchev–Trinajstić information content (AvgIpc) is 2.38. The summed E-state index contributed by atoms with van der Waals surface area (Å²) in [5.41, 5.74) is 0.459. The molecule has 0 saturated heterocycles. The first-order chi connectivity index (χ1) is 9.38. The number of nitrogens with one attached hydrogen (secondary N) is 1. The van der Waals surface area contributed by atoms with Crippen LogP contribution in [0, 0.1) is 12.7 Å². The number of pyridine rings is 1. The van der Waals surface area contributed by atoms with Crippen LogP contribution in [0.15, 0.2) is 36.5 Å². The molecule has 106 valence electrons. The van der Waals surface area contributed by atoms with E-state index in [1.165, 1.54) is 0 Å². The Kier molecular flexibility index (Phi) is 3.92. The van der Waals surface area contributed by atoms with Gasteiger partial charge < -0.3 is 5.32 Å². The van der Waals surface area contributed by atoms with Crippen LogP contribution in [0.3, 0.4) is 0 Å². The van der Waals surface area contributed by atoms with Crippen molar-refractivity contribution in [1.82, 2.24) is 4.98 Å². The first-order valence-electron chi connectivity index (χ1n) is 5.89. The molecule has 1 heterocycles. The maximum absolute atomic E-state index is 13.5. The molecule has 0 spiro atoms. The quantitative estimate of drug-likeness (QED) is 0.856. The number of halogens is 4. The third kappa shape index (κ3) is 3.26. The lowest BCUT2D eigenvalue weighted by Gasteiger charge is -2.12. The molecule has 1 N–H and O–H groups in total. The number of anilines is 1. The molecule has 6 heteroatoms. The monoisotopic (exact) mass is 284 g/mol. The minimum atomic E-state index is -4.49. The van der Waals surface area contributed by atoms with Crippen molar-refractivity contribution in [2.75, 3.05) is 5.32 Å². The summed E-state index contributed by atoms with van der Waals surface area (Å²) < 4.78 is 51.2. The summed E-state index contributed by atoms with van der Waals surface area (Å²) in [6, 6.07) is 5.85. The summed E-state index contributed by atoms with van der Waals surface area (Å²) in [5.74, 6) is -0.730. The maximum atomic E-state index is 13.5. The molecule has 0 unspecified atom stereocenters. The van der Waals surface area contributed by atoms with Gasteiger partial charge in [-0.3, -0.25) is 4.98 Å². The number of benzene rings is 1. The first-order valence-corrected chi connectivity index (χ1v) is 5.89. The minimum absolute atomic E-state index is 0.158. The van der Waals surface area contributed by atoms with Gasteiger partial charge >= 0.3 is 6.18 Å². The molecular weight excluding hydrogens is 272 g/mol. The number of aromatic nitrogens is 1. The SMILES string of the molecule is Cc1cccnc1CNc1cc(C(F)(F)F)ccc1F. The highest BCUT2D eigenvalue weighted by Crippen LogP contribution is 2.31. The van der Waals surface area contributed by atoms with Crippen molar-refractivity contribution in [2.24, 2.45) is 0 Å². The van der Waals surface area contributed by atoms with Crippen molar-refractivity contribution in [3.8, 4) is 0 Å². The molecule has 0 aliphatic heterocycles. The Balaban J connectivity index is 2.19. The van der Waals surface area contributed by atoms with Gasteiger partial charge in [0.1, 0.15) is 5.82 Å². The minimum Gasteiger partial charge on any atom is -0.377 e. The first kappa shape index (κ1) is 14.3. The second kappa shape index (κ2) is 5.48. The van der Waals surface area contributed by atoms with Gasteiger partial charge in [0.15, 0.2) is 0 Å². The van der Waals surface area contributed by atoms with E-state index in [1.807, 2.05) is 13.0 Å². The van der Waals surface area contributed by atoms with Gasteiger partial charge in [-0.15, -0.1) is 0 Å². The van der Waals surface area contributed by atoms with Crippen LogP contribution in [-0.4, -0.2) is 4.98 Å². The van der Waals surface area contributed by atoms with E-state index >= 15 is 0 Å². The fraction of sp³-hybridized carbons (Fsp3) is 0.214. The van der Waals surface area contributed by atoms with Gasteiger partial charge in [-0.2, -0.15) is 13.2 Å². The lowest BCUT2D eigenvalue weighted by Crippen LogP contribution is -2.09. The molecule has 0 fully saturated rings. The lowest BCUT2D eigenvalue weighted by atomic mass is 10.1. The van der Waals surface area contributed by atoms with Crippen molar-refractivity contribution >= 4 is 5.69 Å². The van der Waals surface area contributed by atoms with Crippen LogP contribution in [0.4, 0.5) is 23.2 Å². The highest BCUT2D eigenvalue weighted by molar-refractivity contribution is 5.48. The van der Waals surface area contributed by atoms with Gasteiger partial charge in [0.05, 0.1) is 23.5 Å². The lowest BCUT2D eigenvalue weighted by molar-refractivity contribution is -0.137. The maximum Gasteiger partial charge on any atom is 0.416 e. The summed E-state index contributed by atoms with van der Waals surface area (Å²) in [6.45, 7) is 1.98. The van der Waals surface area contributed by atoms with Crippen LogP contribution in [-0.2, 0) is 12.7 Å². The van der Waals surface area contributed by atoms with Crippen LogP contribution in [0.1, 0.15) is 16.8 Å². The molecule has 0 saturated carbocycles. The highest BCUT2D eigenvalue weighted by atomic mass is 19.4. The zero-order valence-electron chi connectivity index (χ0n) is 10.6. The average molecular weight is 284 g/mol. The van der Waals surface area contributed by atoms with Gasteiger partial charge in [0, 0.05) is 6.20 Å². The second-order valence-corrected chi connectivity index (χ2v) is 4.31. The molecular formula is C14H12F4N2. The van der Waals surface area contributed by atoms with Crippen molar-refractivity contribution < 1.29 is 17.6 Å². The topological polar surface area (TPSA) is 24.9 Å². The smallest absolute Gasteiger partial charge is 0.377 e. The zero-order chi connectivity index (χ0) is 14.8. The number of nitrogens with zero attached hydrogens (tertiary/aromatic N) is 1. The van der Waals surface area contributed by atoms with Crippen molar-refractivity contribution in [2.45, 2.75) is 19.6 Å². The number of rotatable bonds is 3. The molecule has 0 amide bonds. The van der Waals surface area contributed by atoms with E-state index in [-0.39, 0.29) is 12.2 Å². The van der Waals surface area contributed by atoms with E-state index < -0.39 is 17.6 Å². The molecule has 1 aromatic carbocycles. The molecule has 2 aromatic rings. The van der Waals surface area contributed by atoms with Gasteiger partial charge in [-0.1, -0.05) is 6.07 Å². The molecule has 20 heavy (non-hydrogen) atoms. The van der Waals surface area contributed by atoms with Gasteiger partial charge in [0.25, 0.3) is 0 Å². The van der Waals surface area contributed by atoms with E-state index in [0.29, 0.717) is 11.8 Å². The van der Waals surface area contributed by atoms with Gasteiger partial charge in [-0.05, 0) is 36.8 Å². The third-order valence-electron chi connectivity index (χ3n) is 2.86. The van der Waals surface area contributed by atoms with Crippen molar-refractivity contribution in [3.05, 3.63) is 59.2 Å². The summed E-state index contributed by atoms with van der Waals surface area (Å²) in [7, 11) is 0. The fourth-order valence-electron chi connectivity index (χ4n) is 1.72.